The monoisotopic (exact) mass is 722 g/mol. The largest absolute Gasteiger partial charge is 0.491 e. The minimum Gasteiger partial charge on any atom is -0.491 e. The normalized spacial score (nSPS) is 11.3. The average Bonchev–Trinajstić information content (AvgIpc) is 3.41. The third kappa shape index (κ3) is 15.2. The molecule has 0 saturated carbocycles. The van der Waals surface area contributed by atoms with E-state index in [1.165, 1.54) is 18.4 Å². The van der Waals surface area contributed by atoms with Crippen molar-refractivity contribution in [2.75, 3.05) is 25.6 Å². The minimum absolute atomic E-state index is 0.0322. The highest BCUT2D eigenvalue weighted by Crippen LogP contribution is 2.51. The van der Waals surface area contributed by atoms with E-state index in [4.69, 9.17) is 32.7 Å². The van der Waals surface area contributed by atoms with E-state index >= 15 is 0 Å². The Kier molecular flexibility index (Phi) is 17.1. The number of hydrogen-bond donors (Lipinski definition) is 1. The number of carbonyl (C=O) groups excluding carboxylic acids is 2. The first-order chi connectivity index (χ1) is 23.1. The second kappa shape index (κ2) is 20.1. The van der Waals surface area contributed by atoms with Gasteiger partial charge in [0.1, 0.15) is 23.0 Å². The predicted octanol–water partition coefficient (Wildman–Crippen LogP) is 8.78. The number of aromatic nitrogens is 1. The van der Waals surface area contributed by atoms with Gasteiger partial charge in [0.15, 0.2) is 5.13 Å². The number of amides is 1. The molecule has 0 aliphatic rings. The van der Waals surface area contributed by atoms with Crippen LogP contribution in [-0.2, 0) is 24.5 Å². The Balaban J connectivity index is 0.000000393. The number of thiazole rings is 1. The molecule has 2 aromatic carbocycles. The molecule has 0 aliphatic carbocycles. The van der Waals surface area contributed by atoms with Crippen molar-refractivity contribution >= 4 is 35.9 Å². The quantitative estimate of drug-likeness (QED) is 0.106. The lowest BCUT2D eigenvalue weighted by molar-refractivity contribution is 0.0598. The van der Waals surface area contributed by atoms with Crippen molar-refractivity contribution in [3.63, 3.8) is 0 Å². The molecule has 14 heteroatoms. The fraction of sp³-hybridized carbons (Fsp3) is 0.514. The summed E-state index contributed by atoms with van der Waals surface area (Å²) < 4.78 is 50.7. The Morgan fingerprint density at radius 1 is 0.714 bits per heavy atom. The lowest BCUT2D eigenvalue weighted by Gasteiger charge is -2.15. The van der Waals surface area contributed by atoms with Crippen LogP contribution >= 0.6 is 18.9 Å². The highest BCUT2D eigenvalue weighted by Gasteiger charge is 2.26. The van der Waals surface area contributed by atoms with Crippen LogP contribution in [0.4, 0.5) is 5.13 Å². The van der Waals surface area contributed by atoms with E-state index in [-0.39, 0.29) is 49.7 Å². The smallest absolute Gasteiger partial charge is 0.338 e. The molecule has 49 heavy (non-hydrogen) atoms. The average molecular weight is 723 g/mol. The Labute approximate surface area is 294 Å². The molecular weight excluding hydrogens is 671 g/mol. The van der Waals surface area contributed by atoms with Gasteiger partial charge in [-0.05, 0) is 93.5 Å². The van der Waals surface area contributed by atoms with Crippen molar-refractivity contribution in [1.82, 2.24) is 4.98 Å². The molecule has 3 rings (SSSR count). The number of anilines is 1. The van der Waals surface area contributed by atoms with Crippen LogP contribution in [-0.4, -0.2) is 61.6 Å². The molecule has 0 spiro atoms. The van der Waals surface area contributed by atoms with Gasteiger partial charge in [0.05, 0.1) is 62.2 Å². The highest BCUT2D eigenvalue weighted by atomic mass is 32.1. The van der Waals surface area contributed by atoms with E-state index in [2.05, 4.69) is 10.3 Å². The summed E-state index contributed by atoms with van der Waals surface area (Å²) in [5, 5.41) is 4.89. The molecule has 0 fully saturated rings. The van der Waals surface area contributed by atoms with E-state index < -0.39 is 13.6 Å². The van der Waals surface area contributed by atoms with E-state index in [0.717, 1.165) is 0 Å². The van der Waals surface area contributed by atoms with Gasteiger partial charge in [-0.3, -0.25) is 14.7 Å². The number of esters is 1. The SMILES string of the molecule is CCOP(=O)(Cc1csc(NC(=O)c2cc(OC(C)C)cc(OC(C)C)c2)n1)OCC.COC(=O)c1cc(OC(C)C)cc(OC(C)C)c1. The molecular formula is C35H51N2O10PS. The number of rotatable bonds is 17. The second-order valence-corrected chi connectivity index (χ2v) is 14.7. The van der Waals surface area contributed by atoms with E-state index in [1.54, 1.807) is 55.6 Å². The molecule has 1 N–H and O–H groups in total. The Morgan fingerprint density at radius 3 is 1.49 bits per heavy atom. The van der Waals surface area contributed by atoms with Crippen molar-refractivity contribution in [3.8, 4) is 23.0 Å². The topological polar surface area (TPSA) is 141 Å². The number of ether oxygens (including phenoxy) is 5. The second-order valence-electron chi connectivity index (χ2n) is 11.7. The summed E-state index contributed by atoms with van der Waals surface area (Å²) in [7, 11) is -1.91. The summed E-state index contributed by atoms with van der Waals surface area (Å²) in [6.07, 6.45) is 0.0244. The van der Waals surface area contributed by atoms with Gasteiger partial charge < -0.3 is 32.7 Å². The van der Waals surface area contributed by atoms with E-state index in [1.807, 2.05) is 55.4 Å². The van der Waals surface area contributed by atoms with E-state index in [9.17, 15) is 14.2 Å². The van der Waals surface area contributed by atoms with Crippen LogP contribution in [0.5, 0.6) is 23.0 Å². The van der Waals surface area contributed by atoms with Gasteiger partial charge in [-0.1, -0.05) is 0 Å². The zero-order chi connectivity index (χ0) is 36.7. The molecule has 0 unspecified atom stereocenters. The Hall–Kier alpha value is -3.64. The van der Waals surface area contributed by atoms with Crippen LogP contribution in [0.3, 0.4) is 0 Å². The lowest BCUT2D eigenvalue weighted by Crippen LogP contribution is -2.14. The molecule has 0 bridgehead atoms. The van der Waals surface area contributed by atoms with E-state index in [0.29, 0.717) is 45.0 Å². The number of carbonyl (C=O) groups is 2. The number of nitrogens with zero attached hydrogens (tertiary/aromatic N) is 1. The maximum atomic E-state index is 12.8. The van der Waals surface area contributed by atoms with Crippen LogP contribution in [0.2, 0.25) is 0 Å². The van der Waals surface area contributed by atoms with Crippen LogP contribution < -0.4 is 24.3 Å². The van der Waals surface area contributed by atoms with Gasteiger partial charge >= 0.3 is 13.6 Å². The summed E-state index contributed by atoms with van der Waals surface area (Å²) in [5.41, 5.74) is 1.34. The fourth-order valence-electron chi connectivity index (χ4n) is 4.20. The van der Waals surface area contributed by atoms with Crippen LogP contribution in [0, 0.1) is 0 Å². The van der Waals surface area contributed by atoms with Crippen LogP contribution in [0.25, 0.3) is 0 Å². The molecule has 0 radical (unpaired) electrons. The van der Waals surface area contributed by atoms with Crippen molar-refractivity contribution in [1.29, 1.82) is 0 Å². The molecule has 0 atom stereocenters. The third-order valence-corrected chi connectivity index (χ3v) is 8.53. The summed E-state index contributed by atoms with van der Waals surface area (Å²) in [4.78, 5) is 28.7. The first-order valence-corrected chi connectivity index (χ1v) is 18.9. The first-order valence-electron chi connectivity index (χ1n) is 16.2. The van der Waals surface area contributed by atoms with Crippen LogP contribution in [0.15, 0.2) is 41.8 Å². The van der Waals surface area contributed by atoms with Crippen molar-refractivity contribution < 1.29 is 46.9 Å². The van der Waals surface area contributed by atoms with Gasteiger partial charge in [0, 0.05) is 23.1 Å². The standard InChI is InChI=1S/C21H31N2O6PS.C14H20O4/c1-7-26-30(25,27-8-2)12-17-13-31-21(22-17)23-20(24)16-9-18(28-14(3)4)11-19(10-16)29-15(5)6;1-9(2)17-12-6-11(14(15)16-5)7-13(8-12)18-10(3)4/h9-11,13-15H,7-8,12H2,1-6H3,(H,22,23,24);6-10H,1-5H3. The fourth-order valence-corrected chi connectivity index (χ4v) is 6.63. The molecule has 1 heterocycles. The molecule has 1 amide bonds. The maximum Gasteiger partial charge on any atom is 0.338 e. The summed E-state index contributed by atoms with van der Waals surface area (Å²) in [6, 6.07) is 10.2. The molecule has 3 aromatic rings. The number of methoxy groups -OCH3 is 1. The number of nitrogens with one attached hydrogen (secondary N) is 1. The lowest BCUT2D eigenvalue weighted by atomic mass is 10.2. The van der Waals surface area contributed by atoms with Gasteiger partial charge in [-0.25, -0.2) is 9.78 Å². The zero-order valence-electron chi connectivity index (χ0n) is 30.4. The predicted molar refractivity (Wildman–Crippen MR) is 192 cm³/mol. The van der Waals surface area contributed by atoms with Crippen molar-refractivity contribution in [2.24, 2.45) is 0 Å². The highest BCUT2D eigenvalue weighted by molar-refractivity contribution is 7.53. The minimum atomic E-state index is -3.26. The van der Waals surface area contributed by atoms with Gasteiger partial charge in [0.25, 0.3) is 5.91 Å². The molecule has 12 nitrogen and oxygen atoms in total. The Bertz CT molecular complexity index is 1470. The summed E-state index contributed by atoms with van der Waals surface area (Å²) in [6.45, 7) is 19.4. The third-order valence-electron chi connectivity index (χ3n) is 5.71. The van der Waals surface area contributed by atoms with Crippen molar-refractivity contribution in [2.45, 2.75) is 99.8 Å². The zero-order valence-corrected chi connectivity index (χ0v) is 32.1. The molecule has 1 aromatic heterocycles. The Morgan fingerprint density at radius 2 is 1.12 bits per heavy atom. The molecule has 0 saturated heterocycles. The van der Waals surface area contributed by atoms with Gasteiger partial charge in [-0.15, -0.1) is 11.3 Å². The molecule has 0 aliphatic heterocycles. The summed E-state index contributed by atoms with van der Waals surface area (Å²) >= 11 is 1.24. The summed E-state index contributed by atoms with van der Waals surface area (Å²) in [5.74, 6) is 1.55. The van der Waals surface area contributed by atoms with Crippen LogP contribution in [0.1, 0.15) is 95.6 Å². The van der Waals surface area contributed by atoms with Gasteiger partial charge in [-0.2, -0.15) is 0 Å². The molecule has 272 valence electrons. The number of hydrogen-bond acceptors (Lipinski definition) is 12. The first kappa shape index (κ1) is 41.5. The van der Waals surface area contributed by atoms with Crippen molar-refractivity contribution in [3.05, 3.63) is 58.6 Å². The number of benzene rings is 2. The maximum absolute atomic E-state index is 12.8. The van der Waals surface area contributed by atoms with Gasteiger partial charge in [0.2, 0.25) is 0 Å².